The van der Waals surface area contributed by atoms with E-state index in [0.29, 0.717) is 39.4 Å². The molecule has 0 saturated carbocycles. The minimum atomic E-state index is -0.381. The molecule has 0 saturated heterocycles. The predicted molar refractivity (Wildman–Crippen MR) is 115 cm³/mol. The third-order valence-corrected chi connectivity index (χ3v) is 4.44. The Hall–Kier alpha value is -2.28. The number of hydrogen-bond donors (Lipinski definition) is 2. The van der Waals surface area contributed by atoms with Gasteiger partial charge in [0.05, 0.1) is 0 Å². The highest BCUT2D eigenvalue weighted by Gasteiger charge is 2.09. The Kier molecular flexibility index (Phi) is 14.2. The van der Waals surface area contributed by atoms with Gasteiger partial charge < -0.3 is 20.1 Å². The number of hydrogen-bond acceptors (Lipinski definition) is 5. The van der Waals surface area contributed by atoms with Crippen molar-refractivity contribution in [2.45, 2.75) is 46.0 Å². The summed E-state index contributed by atoms with van der Waals surface area (Å²) in [5.41, 5.74) is 1.24. The lowest BCUT2D eigenvalue weighted by Gasteiger charge is -2.22. The molecule has 0 aliphatic heterocycles. The summed E-state index contributed by atoms with van der Waals surface area (Å²) in [7, 11) is 0. The van der Waals surface area contributed by atoms with Crippen LogP contribution in [0.3, 0.4) is 0 Å². The van der Waals surface area contributed by atoms with E-state index >= 15 is 0 Å². The van der Waals surface area contributed by atoms with E-state index in [1.165, 1.54) is 5.56 Å². The first-order valence-electron chi connectivity index (χ1n) is 10.7. The molecule has 2 N–H and O–H groups in total. The van der Waals surface area contributed by atoms with Gasteiger partial charge >= 0.3 is 12.2 Å². The van der Waals surface area contributed by atoms with Crippen LogP contribution in [0, 0.1) is 0 Å². The van der Waals surface area contributed by atoms with E-state index in [4.69, 9.17) is 9.47 Å². The van der Waals surface area contributed by atoms with Crippen LogP contribution in [-0.2, 0) is 15.9 Å². The van der Waals surface area contributed by atoms with Gasteiger partial charge in [0, 0.05) is 32.7 Å². The zero-order valence-corrected chi connectivity index (χ0v) is 18.0. The lowest BCUT2D eigenvalue weighted by atomic mass is 10.1. The Morgan fingerprint density at radius 3 is 1.83 bits per heavy atom. The van der Waals surface area contributed by atoms with Gasteiger partial charge in [-0.05, 0) is 24.8 Å². The van der Waals surface area contributed by atoms with Crippen LogP contribution in [0.25, 0.3) is 0 Å². The highest BCUT2D eigenvalue weighted by atomic mass is 16.6. The molecule has 0 heterocycles. The molecule has 0 spiro atoms. The van der Waals surface area contributed by atoms with Gasteiger partial charge in [-0.15, -0.1) is 0 Å². The number of ether oxygens (including phenoxy) is 2. The molecule has 0 fully saturated rings. The molecule has 164 valence electrons. The van der Waals surface area contributed by atoms with Gasteiger partial charge in [0.15, 0.2) is 0 Å². The fourth-order valence-electron chi connectivity index (χ4n) is 2.64. The zero-order valence-electron chi connectivity index (χ0n) is 18.0. The van der Waals surface area contributed by atoms with Crippen molar-refractivity contribution in [1.82, 2.24) is 15.5 Å². The van der Waals surface area contributed by atoms with Gasteiger partial charge in [0.1, 0.15) is 13.2 Å². The number of alkyl carbamates (subject to hydrolysis) is 2. The summed E-state index contributed by atoms with van der Waals surface area (Å²) in [4.78, 5) is 25.5. The first-order valence-corrected chi connectivity index (χ1v) is 10.7. The lowest BCUT2D eigenvalue weighted by molar-refractivity contribution is 0.107. The maximum atomic E-state index is 11.7. The van der Waals surface area contributed by atoms with Crippen molar-refractivity contribution in [3.63, 3.8) is 0 Å². The molecule has 7 nitrogen and oxygen atoms in total. The van der Waals surface area contributed by atoms with Gasteiger partial charge in [-0.25, -0.2) is 9.59 Å². The summed E-state index contributed by atoms with van der Waals surface area (Å²) >= 11 is 0. The minimum Gasteiger partial charge on any atom is -0.448 e. The fourth-order valence-corrected chi connectivity index (χ4v) is 2.64. The molecule has 0 aromatic heterocycles. The molecule has 7 heteroatoms. The average Bonchev–Trinajstić information content (AvgIpc) is 2.73. The largest absolute Gasteiger partial charge is 0.448 e. The number of nitrogens with zero attached hydrogens (tertiary/aromatic N) is 1. The zero-order chi connectivity index (χ0) is 21.2. The first-order chi connectivity index (χ1) is 14.2. The molecule has 0 aliphatic rings. The molecular formula is C22H37N3O4. The Labute approximate surface area is 175 Å². The van der Waals surface area contributed by atoms with Crippen LogP contribution in [0.4, 0.5) is 9.59 Å². The molecule has 0 atom stereocenters. The molecule has 1 rings (SSSR count). The molecule has 2 amide bonds. The number of carbonyl (C=O) groups excluding carboxylic acids is 2. The molecular weight excluding hydrogens is 370 g/mol. The maximum Gasteiger partial charge on any atom is 0.407 e. The van der Waals surface area contributed by atoms with E-state index in [1.54, 1.807) is 0 Å². The van der Waals surface area contributed by atoms with E-state index in [-0.39, 0.29) is 12.2 Å². The van der Waals surface area contributed by atoms with Crippen molar-refractivity contribution in [2.75, 3.05) is 45.9 Å². The van der Waals surface area contributed by atoms with Gasteiger partial charge in [-0.1, -0.05) is 57.0 Å². The highest BCUT2D eigenvalue weighted by molar-refractivity contribution is 5.67. The summed E-state index contributed by atoms with van der Waals surface area (Å²) in [5, 5.41) is 5.48. The Balaban J connectivity index is 2.35. The van der Waals surface area contributed by atoms with Crippen molar-refractivity contribution < 1.29 is 19.1 Å². The Morgan fingerprint density at radius 2 is 1.34 bits per heavy atom. The molecule has 1 aromatic rings. The normalized spacial score (nSPS) is 10.6. The lowest BCUT2D eigenvalue weighted by Crippen LogP contribution is -2.36. The first kappa shape index (κ1) is 24.8. The van der Waals surface area contributed by atoms with Gasteiger partial charge in [0.25, 0.3) is 0 Å². The van der Waals surface area contributed by atoms with Crippen LogP contribution < -0.4 is 10.6 Å². The van der Waals surface area contributed by atoms with Crippen LogP contribution in [0.1, 0.15) is 45.1 Å². The summed E-state index contributed by atoms with van der Waals surface area (Å²) < 4.78 is 10.5. The second-order valence-corrected chi connectivity index (χ2v) is 6.91. The number of benzene rings is 1. The molecule has 0 radical (unpaired) electrons. The highest BCUT2D eigenvalue weighted by Crippen LogP contribution is 2.02. The molecule has 0 bridgehead atoms. The third kappa shape index (κ3) is 13.5. The topological polar surface area (TPSA) is 79.9 Å². The van der Waals surface area contributed by atoms with Gasteiger partial charge in [0.2, 0.25) is 0 Å². The summed E-state index contributed by atoms with van der Waals surface area (Å²) in [6.45, 7) is 8.00. The van der Waals surface area contributed by atoms with E-state index in [2.05, 4.69) is 41.5 Å². The molecule has 1 aromatic carbocycles. The maximum absolute atomic E-state index is 11.7. The number of carbonyl (C=O) groups is 2. The van der Waals surface area contributed by atoms with Gasteiger partial charge in [-0.2, -0.15) is 0 Å². The Morgan fingerprint density at radius 1 is 0.828 bits per heavy atom. The van der Waals surface area contributed by atoms with E-state index < -0.39 is 0 Å². The van der Waals surface area contributed by atoms with Gasteiger partial charge in [-0.3, -0.25) is 4.90 Å². The van der Waals surface area contributed by atoms with E-state index in [9.17, 15) is 9.59 Å². The molecule has 0 aliphatic carbocycles. The third-order valence-electron chi connectivity index (χ3n) is 4.44. The van der Waals surface area contributed by atoms with Crippen LogP contribution in [0.5, 0.6) is 0 Å². The van der Waals surface area contributed by atoms with Crippen LogP contribution in [0.15, 0.2) is 30.3 Å². The SMILES string of the molecule is CCCCNC(=O)OCCN(CCOC(=O)NCCCC)CCc1ccccc1. The van der Waals surface area contributed by atoms with Crippen LogP contribution in [0.2, 0.25) is 0 Å². The number of amides is 2. The summed E-state index contributed by atoms with van der Waals surface area (Å²) in [6.07, 6.45) is 4.05. The quantitative estimate of drug-likeness (QED) is 0.435. The van der Waals surface area contributed by atoms with Crippen molar-refractivity contribution in [2.24, 2.45) is 0 Å². The van der Waals surface area contributed by atoms with Crippen molar-refractivity contribution in [3.05, 3.63) is 35.9 Å². The Bertz CT molecular complexity index is 526. The standard InChI is InChI=1S/C22H37N3O4/c1-3-5-13-23-21(26)28-18-16-25(15-12-20-10-8-7-9-11-20)17-19-29-22(27)24-14-6-4-2/h7-11H,3-6,12-19H2,1-2H3,(H,23,26)(H,24,27). The molecule has 0 unspecified atom stereocenters. The predicted octanol–water partition coefficient (Wildman–Crippen LogP) is 3.58. The fraction of sp³-hybridized carbons (Fsp3) is 0.636. The average molecular weight is 408 g/mol. The van der Waals surface area contributed by atoms with Crippen molar-refractivity contribution >= 4 is 12.2 Å². The van der Waals surface area contributed by atoms with E-state index in [1.807, 2.05) is 18.2 Å². The number of unbranched alkanes of at least 4 members (excludes halogenated alkanes) is 2. The number of rotatable bonds is 15. The minimum absolute atomic E-state index is 0.301. The monoisotopic (exact) mass is 407 g/mol. The summed E-state index contributed by atoms with van der Waals surface area (Å²) in [6, 6.07) is 10.2. The molecule has 29 heavy (non-hydrogen) atoms. The number of nitrogens with one attached hydrogen (secondary N) is 2. The van der Waals surface area contributed by atoms with E-state index in [0.717, 1.165) is 38.6 Å². The second kappa shape index (κ2) is 16.7. The smallest absolute Gasteiger partial charge is 0.407 e. The van der Waals surface area contributed by atoms with Crippen molar-refractivity contribution in [3.8, 4) is 0 Å². The second-order valence-electron chi connectivity index (χ2n) is 6.91. The summed E-state index contributed by atoms with van der Waals surface area (Å²) in [5.74, 6) is 0. The van der Waals surface area contributed by atoms with Crippen molar-refractivity contribution in [1.29, 1.82) is 0 Å². The van der Waals surface area contributed by atoms with Crippen LogP contribution >= 0.6 is 0 Å². The van der Waals surface area contributed by atoms with Crippen LogP contribution in [-0.4, -0.2) is 63.0 Å².